The molecule has 0 radical (unpaired) electrons. The summed E-state index contributed by atoms with van der Waals surface area (Å²) in [5.41, 5.74) is 8.31. The van der Waals surface area contributed by atoms with Crippen molar-refractivity contribution in [3.8, 4) is 11.5 Å². The third-order valence-electron chi connectivity index (χ3n) is 3.14. The normalized spacial score (nSPS) is 10.0. The summed E-state index contributed by atoms with van der Waals surface area (Å²) >= 11 is 0. The maximum absolute atomic E-state index is 12.3. The second-order valence-corrected chi connectivity index (χ2v) is 4.60. The van der Waals surface area contributed by atoms with Gasteiger partial charge in [0, 0.05) is 17.3 Å². The molecule has 0 heterocycles. The van der Waals surface area contributed by atoms with Gasteiger partial charge < -0.3 is 20.5 Å². The summed E-state index contributed by atoms with van der Waals surface area (Å²) < 4.78 is 10.4. The molecule has 0 atom stereocenters. The highest BCUT2D eigenvalue weighted by atomic mass is 16.5. The predicted molar refractivity (Wildman–Crippen MR) is 83.1 cm³/mol. The number of nitrogens with one attached hydrogen (secondary N) is 1. The maximum atomic E-state index is 12.3. The number of carbonyl (C=O) groups is 1. The van der Waals surface area contributed by atoms with Gasteiger partial charge in [0.1, 0.15) is 11.5 Å². The molecule has 2 aromatic rings. The van der Waals surface area contributed by atoms with Gasteiger partial charge in [0.2, 0.25) is 0 Å². The molecule has 0 aliphatic carbocycles. The smallest absolute Gasteiger partial charge is 0.255 e. The Morgan fingerprint density at radius 2 is 1.76 bits per heavy atom. The van der Waals surface area contributed by atoms with Crippen LogP contribution in [0.5, 0.6) is 11.5 Å². The van der Waals surface area contributed by atoms with Crippen LogP contribution in [-0.4, -0.2) is 20.1 Å². The first-order valence-electron chi connectivity index (χ1n) is 6.44. The SMILES string of the molecule is COc1cc(C(=O)Nc2ccc(N)cc2OC)ccc1C. The standard InChI is InChI=1S/C16H18N2O3/c1-10-4-5-11(8-14(10)20-2)16(19)18-13-7-6-12(17)9-15(13)21-3/h4-9H,17H2,1-3H3,(H,18,19). The summed E-state index contributed by atoms with van der Waals surface area (Å²) in [4.78, 5) is 12.3. The van der Waals surface area contributed by atoms with Gasteiger partial charge in [-0.2, -0.15) is 0 Å². The van der Waals surface area contributed by atoms with Crippen LogP contribution in [0, 0.1) is 6.92 Å². The van der Waals surface area contributed by atoms with Crippen molar-refractivity contribution in [2.24, 2.45) is 0 Å². The molecular formula is C16H18N2O3. The lowest BCUT2D eigenvalue weighted by atomic mass is 10.1. The third-order valence-corrected chi connectivity index (χ3v) is 3.14. The molecule has 0 aromatic heterocycles. The maximum Gasteiger partial charge on any atom is 0.255 e. The van der Waals surface area contributed by atoms with Gasteiger partial charge in [-0.05, 0) is 36.8 Å². The number of amides is 1. The molecule has 0 bridgehead atoms. The third kappa shape index (κ3) is 3.25. The first kappa shape index (κ1) is 14.7. The number of hydrogen-bond acceptors (Lipinski definition) is 4. The molecule has 2 aromatic carbocycles. The number of anilines is 2. The van der Waals surface area contributed by atoms with Crippen LogP contribution in [0.4, 0.5) is 11.4 Å². The molecule has 110 valence electrons. The van der Waals surface area contributed by atoms with Crippen molar-refractivity contribution in [2.45, 2.75) is 6.92 Å². The molecule has 0 fully saturated rings. The average molecular weight is 286 g/mol. The van der Waals surface area contributed by atoms with Gasteiger partial charge in [-0.15, -0.1) is 0 Å². The Hall–Kier alpha value is -2.69. The van der Waals surface area contributed by atoms with Crippen molar-refractivity contribution in [1.29, 1.82) is 0 Å². The van der Waals surface area contributed by atoms with E-state index in [4.69, 9.17) is 15.2 Å². The molecule has 1 amide bonds. The minimum absolute atomic E-state index is 0.239. The zero-order valence-corrected chi connectivity index (χ0v) is 12.3. The van der Waals surface area contributed by atoms with Crippen LogP contribution < -0.4 is 20.5 Å². The van der Waals surface area contributed by atoms with E-state index in [1.165, 1.54) is 7.11 Å². The van der Waals surface area contributed by atoms with E-state index in [2.05, 4.69) is 5.32 Å². The summed E-state index contributed by atoms with van der Waals surface area (Å²) in [7, 11) is 3.10. The lowest BCUT2D eigenvalue weighted by Crippen LogP contribution is -2.13. The fourth-order valence-electron chi connectivity index (χ4n) is 1.97. The Morgan fingerprint density at radius 3 is 2.43 bits per heavy atom. The van der Waals surface area contributed by atoms with Crippen molar-refractivity contribution >= 4 is 17.3 Å². The molecule has 21 heavy (non-hydrogen) atoms. The molecule has 0 saturated carbocycles. The van der Waals surface area contributed by atoms with Gasteiger partial charge >= 0.3 is 0 Å². The Balaban J connectivity index is 2.26. The summed E-state index contributed by atoms with van der Waals surface area (Å²) in [6, 6.07) is 10.4. The minimum atomic E-state index is -0.239. The van der Waals surface area contributed by atoms with Crippen LogP contribution >= 0.6 is 0 Å². The molecule has 0 spiro atoms. The van der Waals surface area contributed by atoms with Crippen LogP contribution in [0.25, 0.3) is 0 Å². The Labute approximate surface area is 123 Å². The minimum Gasteiger partial charge on any atom is -0.496 e. The topological polar surface area (TPSA) is 73.6 Å². The number of methoxy groups -OCH3 is 2. The van der Waals surface area contributed by atoms with Crippen LogP contribution in [0.3, 0.4) is 0 Å². The first-order valence-corrected chi connectivity index (χ1v) is 6.44. The quantitative estimate of drug-likeness (QED) is 0.848. The first-order chi connectivity index (χ1) is 10.0. The van der Waals surface area contributed by atoms with E-state index in [0.29, 0.717) is 28.4 Å². The monoisotopic (exact) mass is 286 g/mol. The molecule has 0 saturated heterocycles. The van der Waals surface area contributed by atoms with E-state index in [1.54, 1.807) is 37.4 Å². The van der Waals surface area contributed by atoms with Gasteiger partial charge in [-0.1, -0.05) is 6.07 Å². The molecule has 5 heteroatoms. The van der Waals surface area contributed by atoms with E-state index >= 15 is 0 Å². The van der Waals surface area contributed by atoms with Crippen LogP contribution in [0.15, 0.2) is 36.4 Å². The average Bonchev–Trinajstić information content (AvgIpc) is 2.49. The summed E-state index contributed by atoms with van der Waals surface area (Å²) in [5.74, 6) is 0.950. The molecule has 5 nitrogen and oxygen atoms in total. The largest absolute Gasteiger partial charge is 0.496 e. The predicted octanol–water partition coefficient (Wildman–Crippen LogP) is 2.85. The van der Waals surface area contributed by atoms with E-state index in [-0.39, 0.29) is 5.91 Å². The van der Waals surface area contributed by atoms with Gasteiger partial charge in [0.15, 0.2) is 0 Å². The Kier molecular flexibility index (Phi) is 4.33. The summed E-state index contributed by atoms with van der Waals surface area (Å²) in [6.07, 6.45) is 0. The number of carbonyl (C=O) groups excluding carboxylic acids is 1. The lowest BCUT2D eigenvalue weighted by Gasteiger charge is -2.12. The van der Waals surface area contributed by atoms with Crippen LogP contribution in [0.2, 0.25) is 0 Å². The van der Waals surface area contributed by atoms with E-state index in [9.17, 15) is 4.79 Å². The zero-order chi connectivity index (χ0) is 15.4. The number of hydrogen-bond donors (Lipinski definition) is 2. The fourth-order valence-corrected chi connectivity index (χ4v) is 1.97. The molecule has 0 aliphatic heterocycles. The second kappa shape index (κ2) is 6.17. The number of nitrogens with two attached hydrogens (primary N) is 1. The molecule has 0 aliphatic rings. The number of ether oxygens (including phenoxy) is 2. The van der Waals surface area contributed by atoms with Gasteiger partial charge in [0.25, 0.3) is 5.91 Å². The van der Waals surface area contributed by atoms with Crippen LogP contribution in [-0.2, 0) is 0 Å². The highest BCUT2D eigenvalue weighted by Gasteiger charge is 2.11. The molecule has 3 N–H and O–H groups in total. The molecule has 0 unspecified atom stereocenters. The highest BCUT2D eigenvalue weighted by Crippen LogP contribution is 2.27. The highest BCUT2D eigenvalue weighted by molar-refractivity contribution is 6.05. The van der Waals surface area contributed by atoms with E-state index in [1.807, 2.05) is 13.0 Å². The van der Waals surface area contributed by atoms with Crippen molar-refractivity contribution in [1.82, 2.24) is 0 Å². The van der Waals surface area contributed by atoms with Gasteiger partial charge in [-0.25, -0.2) is 0 Å². The number of rotatable bonds is 4. The van der Waals surface area contributed by atoms with E-state index < -0.39 is 0 Å². The van der Waals surface area contributed by atoms with E-state index in [0.717, 1.165) is 5.56 Å². The van der Waals surface area contributed by atoms with Crippen molar-refractivity contribution in [3.63, 3.8) is 0 Å². The molecule has 2 rings (SSSR count). The number of benzene rings is 2. The fraction of sp³-hybridized carbons (Fsp3) is 0.188. The number of nitrogen functional groups attached to an aromatic ring is 1. The van der Waals surface area contributed by atoms with Crippen molar-refractivity contribution < 1.29 is 14.3 Å². The van der Waals surface area contributed by atoms with Crippen molar-refractivity contribution in [3.05, 3.63) is 47.5 Å². The second-order valence-electron chi connectivity index (χ2n) is 4.60. The van der Waals surface area contributed by atoms with Crippen LogP contribution in [0.1, 0.15) is 15.9 Å². The number of aryl methyl sites for hydroxylation is 1. The van der Waals surface area contributed by atoms with Gasteiger partial charge in [0.05, 0.1) is 19.9 Å². The van der Waals surface area contributed by atoms with Crippen molar-refractivity contribution in [2.75, 3.05) is 25.3 Å². The lowest BCUT2D eigenvalue weighted by molar-refractivity contribution is 0.102. The Morgan fingerprint density at radius 1 is 1.05 bits per heavy atom. The Bertz CT molecular complexity index is 669. The summed E-state index contributed by atoms with van der Waals surface area (Å²) in [6.45, 7) is 1.92. The zero-order valence-electron chi connectivity index (χ0n) is 12.3. The van der Waals surface area contributed by atoms with Gasteiger partial charge in [-0.3, -0.25) is 4.79 Å². The summed E-state index contributed by atoms with van der Waals surface area (Å²) in [5, 5.41) is 2.80. The molecular weight excluding hydrogens is 268 g/mol.